The van der Waals surface area contributed by atoms with Gasteiger partial charge < -0.3 is 14.5 Å². The Kier molecular flexibility index (Phi) is 6.86. The number of carbonyl (C=O) groups excluding carboxylic acids is 1. The van der Waals surface area contributed by atoms with Crippen LogP contribution in [0.5, 0.6) is 5.75 Å². The van der Waals surface area contributed by atoms with Crippen molar-refractivity contribution in [3.63, 3.8) is 0 Å². The summed E-state index contributed by atoms with van der Waals surface area (Å²) in [6, 6.07) is 6.24. The van der Waals surface area contributed by atoms with E-state index in [1.165, 1.54) is 12.1 Å². The lowest BCUT2D eigenvalue weighted by Crippen LogP contribution is -2.46. The summed E-state index contributed by atoms with van der Waals surface area (Å²) >= 11 is 0. The van der Waals surface area contributed by atoms with Crippen molar-refractivity contribution in [2.75, 3.05) is 59.5 Å². The van der Waals surface area contributed by atoms with Crippen LogP contribution in [0.2, 0.25) is 0 Å². The van der Waals surface area contributed by atoms with Gasteiger partial charge in [-0.2, -0.15) is 0 Å². The molecule has 0 saturated carbocycles. The van der Waals surface area contributed by atoms with Crippen LogP contribution in [0, 0.1) is 11.7 Å². The number of rotatable bonds is 5. The maximum absolute atomic E-state index is 13.2. The predicted molar refractivity (Wildman–Crippen MR) is 99.8 cm³/mol. The molecule has 5 nitrogen and oxygen atoms in total. The van der Waals surface area contributed by atoms with Crippen molar-refractivity contribution in [2.45, 2.75) is 19.3 Å². The van der Waals surface area contributed by atoms with Crippen molar-refractivity contribution in [1.82, 2.24) is 14.7 Å². The molecule has 0 aliphatic carbocycles. The second-order valence-corrected chi connectivity index (χ2v) is 7.55. The summed E-state index contributed by atoms with van der Waals surface area (Å²) in [4.78, 5) is 19.3. The molecule has 0 bridgehead atoms. The average Bonchev–Trinajstić information content (AvgIpc) is 2.84. The highest BCUT2D eigenvalue weighted by molar-refractivity contribution is 5.78. The lowest BCUT2D eigenvalue weighted by atomic mass is 9.99. The number of hydrogen-bond donors (Lipinski definition) is 0. The Morgan fingerprint density at radius 3 is 2.92 bits per heavy atom. The third-order valence-corrected chi connectivity index (χ3v) is 5.32. The van der Waals surface area contributed by atoms with Gasteiger partial charge in [0.1, 0.15) is 11.6 Å². The Balaban J connectivity index is 1.45. The van der Waals surface area contributed by atoms with Gasteiger partial charge in [-0.25, -0.2) is 4.39 Å². The fourth-order valence-corrected chi connectivity index (χ4v) is 3.75. The van der Waals surface area contributed by atoms with E-state index in [1.54, 1.807) is 12.1 Å². The van der Waals surface area contributed by atoms with Crippen LogP contribution in [0.3, 0.4) is 0 Å². The normalized spacial score (nSPS) is 22.8. The van der Waals surface area contributed by atoms with Gasteiger partial charge in [0.15, 0.2) is 0 Å². The molecule has 1 atom stereocenters. The molecular weight excluding hydrogens is 333 g/mol. The molecular formula is C20H30FN3O2. The fraction of sp³-hybridized carbons (Fsp3) is 0.650. The van der Waals surface area contributed by atoms with Crippen LogP contribution in [0.4, 0.5) is 4.39 Å². The summed E-state index contributed by atoms with van der Waals surface area (Å²) in [6.45, 7) is 6.71. The molecule has 0 aromatic heterocycles. The van der Waals surface area contributed by atoms with Crippen molar-refractivity contribution in [2.24, 2.45) is 5.92 Å². The lowest BCUT2D eigenvalue weighted by Gasteiger charge is -2.34. The van der Waals surface area contributed by atoms with Crippen molar-refractivity contribution < 1.29 is 13.9 Å². The summed E-state index contributed by atoms with van der Waals surface area (Å²) < 4.78 is 19.0. The molecule has 0 N–H and O–H groups in total. The number of amides is 1. The summed E-state index contributed by atoms with van der Waals surface area (Å²) in [5.41, 5.74) is 0. The van der Waals surface area contributed by atoms with E-state index >= 15 is 0 Å². The fourth-order valence-electron chi connectivity index (χ4n) is 3.75. The second-order valence-electron chi connectivity index (χ2n) is 7.55. The molecule has 3 rings (SSSR count). The van der Waals surface area contributed by atoms with Crippen molar-refractivity contribution in [3.05, 3.63) is 30.1 Å². The Labute approximate surface area is 155 Å². The molecule has 0 unspecified atom stereocenters. The number of ether oxygens (including phenoxy) is 1. The molecule has 2 saturated heterocycles. The van der Waals surface area contributed by atoms with E-state index in [4.69, 9.17) is 4.74 Å². The summed E-state index contributed by atoms with van der Waals surface area (Å²) in [5.74, 6) is 0.810. The zero-order valence-corrected chi connectivity index (χ0v) is 15.7. The highest BCUT2D eigenvalue weighted by atomic mass is 19.1. The van der Waals surface area contributed by atoms with Crippen LogP contribution in [-0.4, -0.2) is 80.1 Å². The van der Waals surface area contributed by atoms with Crippen LogP contribution >= 0.6 is 0 Å². The Morgan fingerprint density at radius 2 is 2.08 bits per heavy atom. The molecule has 1 amide bonds. The number of hydrogen-bond acceptors (Lipinski definition) is 4. The van der Waals surface area contributed by atoms with Crippen LogP contribution in [0.25, 0.3) is 0 Å². The van der Waals surface area contributed by atoms with E-state index in [2.05, 4.69) is 16.8 Å². The van der Waals surface area contributed by atoms with Gasteiger partial charge >= 0.3 is 0 Å². The van der Waals surface area contributed by atoms with Crippen molar-refractivity contribution in [3.8, 4) is 5.75 Å². The van der Waals surface area contributed by atoms with Gasteiger partial charge in [0.2, 0.25) is 5.91 Å². The van der Waals surface area contributed by atoms with E-state index in [-0.39, 0.29) is 11.7 Å². The number of halogens is 1. The minimum atomic E-state index is -0.286. The smallest absolute Gasteiger partial charge is 0.236 e. The molecule has 2 fully saturated rings. The standard InChI is InChI=1S/C20H30FN3O2/c1-22-8-4-9-23(12-11-22)15-20(25)24-10-3-5-17(14-24)16-26-19-7-2-6-18(21)13-19/h2,6-7,13,17H,3-5,8-12,14-16H2,1H3/t17-/m0/s1. The minimum Gasteiger partial charge on any atom is -0.493 e. The van der Waals surface area contributed by atoms with E-state index in [9.17, 15) is 9.18 Å². The number of carbonyl (C=O) groups is 1. The maximum Gasteiger partial charge on any atom is 0.236 e. The molecule has 1 aromatic carbocycles. The van der Waals surface area contributed by atoms with Gasteiger partial charge in [-0.05, 0) is 51.5 Å². The summed E-state index contributed by atoms with van der Waals surface area (Å²) in [6.07, 6.45) is 3.17. The Bertz CT molecular complexity index is 598. The van der Waals surface area contributed by atoms with Gasteiger partial charge in [-0.1, -0.05) is 6.07 Å². The Morgan fingerprint density at radius 1 is 1.19 bits per heavy atom. The van der Waals surface area contributed by atoms with Crippen molar-refractivity contribution in [1.29, 1.82) is 0 Å². The molecule has 6 heteroatoms. The van der Waals surface area contributed by atoms with E-state index in [1.807, 2.05) is 4.90 Å². The van der Waals surface area contributed by atoms with Crippen LogP contribution in [-0.2, 0) is 4.79 Å². The topological polar surface area (TPSA) is 36.0 Å². The highest BCUT2D eigenvalue weighted by Crippen LogP contribution is 2.20. The Hall–Kier alpha value is -1.66. The van der Waals surface area contributed by atoms with Gasteiger partial charge in [0.25, 0.3) is 0 Å². The van der Waals surface area contributed by atoms with E-state index < -0.39 is 0 Å². The molecule has 26 heavy (non-hydrogen) atoms. The first-order valence-electron chi connectivity index (χ1n) is 9.67. The van der Waals surface area contributed by atoms with E-state index in [0.717, 1.165) is 58.5 Å². The molecule has 2 aliphatic heterocycles. The number of nitrogens with zero attached hydrogens (tertiary/aromatic N) is 3. The molecule has 144 valence electrons. The molecule has 2 aliphatic rings. The van der Waals surface area contributed by atoms with E-state index in [0.29, 0.717) is 24.8 Å². The first kappa shape index (κ1) is 19.1. The zero-order valence-electron chi connectivity index (χ0n) is 15.7. The molecule has 0 spiro atoms. The lowest BCUT2D eigenvalue weighted by molar-refractivity contribution is -0.134. The van der Waals surface area contributed by atoms with Gasteiger partial charge in [-0.3, -0.25) is 9.69 Å². The highest BCUT2D eigenvalue weighted by Gasteiger charge is 2.25. The van der Waals surface area contributed by atoms with Gasteiger partial charge in [0.05, 0.1) is 13.2 Å². The van der Waals surface area contributed by atoms with Crippen molar-refractivity contribution >= 4 is 5.91 Å². The van der Waals surface area contributed by atoms with Crippen LogP contribution in [0.1, 0.15) is 19.3 Å². The first-order valence-corrected chi connectivity index (χ1v) is 9.67. The zero-order chi connectivity index (χ0) is 18.4. The SMILES string of the molecule is CN1CCCN(CC(=O)N2CCC[C@H](COc3cccc(F)c3)C2)CC1. The summed E-state index contributed by atoms with van der Waals surface area (Å²) in [5, 5.41) is 0. The number of likely N-dealkylation sites (N-methyl/N-ethyl adjacent to an activating group) is 1. The van der Waals surface area contributed by atoms with Gasteiger partial charge in [-0.15, -0.1) is 0 Å². The minimum absolute atomic E-state index is 0.227. The monoisotopic (exact) mass is 363 g/mol. The van der Waals surface area contributed by atoms with Crippen LogP contribution in [0.15, 0.2) is 24.3 Å². The maximum atomic E-state index is 13.2. The summed E-state index contributed by atoms with van der Waals surface area (Å²) in [7, 11) is 2.14. The number of likely N-dealkylation sites (tertiary alicyclic amines) is 1. The van der Waals surface area contributed by atoms with Gasteiger partial charge in [0, 0.05) is 38.2 Å². The predicted octanol–water partition coefficient (Wildman–Crippen LogP) is 2.08. The second kappa shape index (κ2) is 9.33. The third-order valence-electron chi connectivity index (χ3n) is 5.32. The number of piperidine rings is 1. The third kappa shape index (κ3) is 5.68. The average molecular weight is 363 g/mol. The quantitative estimate of drug-likeness (QED) is 0.803. The molecule has 1 aromatic rings. The first-order chi connectivity index (χ1) is 12.6. The molecule has 2 heterocycles. The largest absolute Gasteiger partial charge is 0.493 e. The number of benzene rings is 1. The molecule has 0 radical (unpaired) electrons. The van der Waals surface area contributed by atoms with Crippen LogP contribution < -0.4 is 4.74 Å².